The Kier molecular flexibility index (Phi) is 4.17. The van der Waals surface area contributed by atoms with Crippen molar-refractivity contribution in [2.45, 2.75) is 19.6 Å². The summed E-state index contributed by atoms with van der Waals surface area (Å²) in [5, 5.41) is 7.71. The lowest BCUT2D eigenvalue weighted by molar-refractivity contribution is 0.109. The molecule has 0 fully saturated rings. The van der Waals surface area contributed by atoms with Crippen molar-refractivity contribution >= 4 is 17.3 Å². The molecule has 1 unspecified atom stereocenters. The molecule has 0 amide bonds. The van der Waals surface area contributed by atoms with E-state index in [-0.39, 0.29) is 6.10 Å². The minimum atomic E-state index is -0.168. The maximum atomic E-state index is 5.80. The van der Waals surface area contributed by atoms with Crippen LogP contribution in [-0.4, -0.2) is 17.3 Å². The summed E-state index contributed by atoms with van der Waals surface area (Å²) < 4.78 is 10.2. The molecule has 1 heterocycles. The molecule has 5 nitrogen and oxygen atoms in total. The van der Waals surface area contributed by atoms with Crippen molar-refractivity contribution in [3.8, 4) is 0 Å². The third-order valence-electron chi connectivity index (χ3n) is 2.49. The molecule has 0 aliphatic rings. The van der Waals surface area contributed by atoms with Gasteiger partial charge in [-0.3, -0.25) is 0 Å². The van der Waals surface area contributed by atoms with Crippen LogP contribution in [0.25, 0.3) is 0 Å². The highest BCUT2D eigenvalue weighted by molar-refractivity contribution is 6.30. The van der Waals surface area contributed by atoms with E-state index in [1.165, 1.54) is 0 Å². The zero-order chi connectivity index (χ0) is 13.0. The van der Waals surface area contributed by atoms with Gasteiger partial charge in [-0.25, -0.2) is 0 Å². The Labute approximate surface area is 110 Å². The molecule has 0 saturated carbocycles. The van der Waals surface area contributed by atoms with E-state index >= 15 is 0 Å². The van der Waals surface area contributed by atoms with Crippen LogP contribution in [0.1, 0.15) is 24.7 Å². The predicted octanol–water partition coefficient (Wildman–Crippen LogP) is 3.04. The van der Waals surface area contributed by atoms with Gasteiger partial charge in [0.1, 0.15) is 6.10 Å². The molecule has 1 aromatic carbocycles. The molecule has 96 valence electrons. The number of halogens is 1. The van der Waals surface area contributed by atoms with Gasteiger partial charge in [-0.1, -0.05) is 16.8 Å². The second-order valence-electron chi connectivity index (χ2n) is 3.78. The highest BCUT2D eigenvalue weighted by Gasteiger charge is 2.12. The smallest absolute Gasteiger partial charge is 0.246 e. The molecule has 0 radical (unpaired) electrons. The van der Waals surface area contributed by atoms with Gasteiger partial charge in [-0.2, -0.15) is 4.98 Å². The zero-order valence-electron chi connectivity index (χ0n) is 10.2. The third kappa shape index (κ3) is 3.21. The van der Waals surface area contributed by atoms with E-state index in [9.17, 15) is 0 Å². The number of benzene rings is 1. The SMILES string of the molecule is COC(C)c1noc(CNc2ccc(Cl)cc2)n1. The molecular formula is C12H14ClN3O2. The molecule has 1 N–H and O–H groups in total. The second-order valence-corrected chi connectivity index (χ2v) is 4.22. The van der Waals surface area contributed by atoms with Crippen LogP contribution in [0.3, 0.4) is 0 Å². The highest BCUT2D eigenvalue weighted by atomic mass is 35.5. The number of aromatic nitrogens is 2. The Balaban J connectivity index is 1.94. The minimum Gasteiger partial charge on any atom is -0.376 e. The maximum Gasteiger partial charge on any atom is 0.246 e. The van der Waals surface area contributed by atoms with Gasteiger partial charge in [-0.15, -0.1) is 0 Å². The standard InChI is InChI=1S/C12H14ClN3O2/c1-8(17-2)12-15-11(18-16-12)7-14-10-5-3-9(13)4-6-10/h3-6,8,14H,7H2,1-2H3. The molecule has 0 saturated heterocycles. The van der Waals surface area contributed by atoms with Crippen LogP contribution in [0, 0.1) is 0 Å². The summed E-state index contributed by atoms with van der Waals surface area (Å²) in [7, 11) is 1.60. The fourth-order valence-corrected chi connectivity index (χ4v) is 1.48. The first-order valence-electron chi connectivity index (χ1n) is 5.53. The summed E-state index contributed by atoms with van der Waals surface area (Å²) in [6.07, 6.45) is -0.168. The van der Waals surface area contributed by atoms with E-state index in [0.29, 0.717) is 23.3 Å². The molecule has 0 spiro atoms. The lowest BCUT2D eigenvalue weighted by Gasteiger charge is -2.03. The van der Waals surface area contributed by atoms with Crippen molar-refractivity contribution in [1.82, 2.24) is 10.1 Å². The number of hydrogen-bond donors (Lipinski definition) is 1. The van der Waals surface area contributed by atoms with E-state index in [0.717, 1.165) is 5.69 Å². The molecule has 6 heteroatoms. The van der Waals surface area contributed by atoms with Crippen molar-refractivity contribution in [1.29, 1.82) is 0 Å². The molecule has 18 heavy (non-hydrogen) atoms. The Hall–Kier alpha value is -1.59. The minimum absolute atomic E-state index is 0.168. The molecule has 0 aliphatic heterocycles. The van der Waals surface area contributed by atoms with E-state index < -0.39 is 0 Å². The van der Waals surface area contributed by atoms with E-state index in [1.807, 2.05) is 31.2 Å². The van der Waals surface area contributed by atoms with Gasteiger partial charge in [-0.05, 0) is 31.2 Å². The monoisotopic (exact) mass is 267 g/mol. The Morgan fingerprint density at radius 2 is 2.11 bits per heavy atom. The molecule has 2 aromatic rings. The van der Waals surface area contributed by atoms with E-state index in [2.05, 4.69) is 15.5 Å². The largest absolute Gasteiger partial charge is 0.376 e. The number of anilines is 1. The van der Waals surface area contributed by atoms with Crippen LogP contribution in [0.2, 0.25) is 5.02 Å². The Bertz CT molecular complexity index is 498. The highest BCUT2D eigenvalue weighted by Crippen LogP contribution is 2.15. The van der Waals surface area contributed by atoms with Gasteiger partial charge in [0.25, 0.3) is 0 Å². The van der Waals surface area contributed by atoms with Gasteiger partial charge in [0.05, 0.1) is 6.54 Å². The molecular weight excluding hydrogens is 254 g/mol. The van der Waals surface area contributed by atoms with E-state index in [1.54, 1.807) is 7.11 Å². The number of hydrogen-bond acceptors (Lipinski definition) is 5. The van der Waals surface area contributed by atoms with Crippen LogP contribution in [0.4, 0.5) is 5.69 Å². The lowest BCUT2D eigenvalue weighted by atomic mass is 10.3. The normalized spacial score (nSPS) is 12.4. The van der Waals surface area contributed by atoms with Crippen LogP contribution < -0.4 is 5.32 Å². The number of nitrogens with zero attached hydrogens (tertiary/aromatic N) is 2. The number of ether oxygens (including phenoxy) is 1. The van der Waals surface area contributed by atoms with Gasteiger partial charge >= 0.3 is 0 Å². The maximum absolute atomic E-state index is 5.80. The fraction of sp³-hybridized carbons (Fsp3) is 0.333. The summed E-state index contributed by atoms with van der Waals surface area (Å²) in [5.41, 5.74) is 0.943. The zero-order valence-corrected chi connectivity index (χ0v) is 10.9. The number of methoxy groups -OCH3 is 1. The number of nitrogens with one attached hydrogen (secondary N) is 1. The predicted molar refractivity (Wildman–Crippen MR) is 68.5 cm³/mol. The van der Waals surface area contributed by atoms with Crippen LogP contribution in [-0.2, 0) is 11.3 Å². The fourth-order valence-electron chi connectivity index (χ4n) is 1.36. The summed E-state index contributed by atoms with van der Waals surface area (Å²) in [5.74, 6) is 1.06. The quantitative estimate of drug-likeness (QED) is 0.902. The first kappa shape index (κ1) is 12.9. The van der Waals surface area contributed by atoms with Crippen LogP contribution >= 0.6 is 11.6 Å². The van der Waals surface area contributed by atoms with Crippen molar-refractivity contribution < 1.29 is 9.26 Å². The lowest BCUT2D eigenvalue weighted by Crippen LogP contribution is -2.01. The van der Waals surface area contributed by atoms with Gasteiger partial charge in [0, 0.05) is 17.8 Å². The molecule has 1 atom stereocenters. The van der Waals surface area contributed by atoms with Crippen molar-refractivity contribution in [3.05, 3.63) is 41.0 Å². The summed E-state index contributed by atoms with van der Waals surface area (Å²) in [6.45, 7) is 2.33. The molecule has 0 aliphatic carbocycles. The van der Waals surface area contributed by atoms with Crippen molar-refractivity contribution in [3.63, 3.8) is 0 Å². The first-order chi connectivity index (χ1) is 8.69. The van der Waals surface area contributed by atoms with Crippen molar-refractivity contribution in [2.75, 3.05) is 12.4 Å². The average Bonchev–Trinajstić information content (AvgIpc) is 2.86. The van der Waals surface area contributed by atoms with Crippen LogP contribution in [0.15, 0.2) is 28.8 Å². The van der Waals surface area contributed by atoms with E-state index in [4.69, 9.17) is 20.9 Å². The summed E-state index contributed by atoms with van der Waals surface area (Å²) in [6, 6.07) is 7.40. The Morgan fingerprint density at radius 1 is 1.39 bits per heavy atom. The second kappa shape index (κ2) is 5.84. The Morgan fingerprint density at radius 3 is 2.78 bits per heavy atom. The van der Waals surface area contributed by atoms with Gasteiger partial charge < -0.3 is 14.6 Å². The molecule has 2 rings (SSSR count). The number of rotatable bonds is 5. The first-order valence-corrected chi connectivity index (χ1v) is 5.91. The topological polar surface area (TPSA) is 60.2 Å². The average molecular weight is 268 g/mol. The molecule has 1 aromatic heterocycles. The van der Waals surface area contributed by atoms with Gasteiger partial charge in [0.2, 0.25) is 5.89 Å². The van der Waals surface area contributed by atoms with Crippen LogP contribution in [0.5, 0.6) is 0 Å². The molecule has 0 bridgehead atoms. The summed E-state index contributed by atoms with van der Waals surface area (Å²) >= 11 is 5.80. The third-order valence-corrected chi connectivity index (χ3v) is 2.74. The summed E-state index contributed by atoms with van der Waals surface area (Å²) in [4.78, 5) is 4.22. The van der Waals surface area contributed by atoms with Crippen molar-refractivity contribution in [2.24, 2.45) is 0 Å². The van der Waals surface area contributed by atoms with Gasteiger partial charge in [0.15, 0.2) is 5.82 Å².